The van der Waals surface area contributed by atoms with Crippen molar-refractivity contribution < 1.29 is 39.1 Å². The average molecular weight is 535 g/mol. The Hall–Kier alpha value is -2.26. The largest absolute Gasteiger partial charge is 0.457 e. The predicted molar refractivity (Wildman–Crippen MR) is 145 cm³/mol. The molecule has 0 aromatic rings. The van der Waals surface area contributed by atoms with Gasteiger partial charge in [0, 0.05) is 25.2 Å². The van der Waals surface area contributed by atoms with Crippen molar-refractivity contribution >= 4 is 11.9 Å². The maximum absolute atomic E-state index is 12.6. The number of cyclic esters (lactones) is 1. The summed E-state index contributed by atoms with van der Waals surface area (Å²) in [6.07, 6.45) is 7.63. The Morgan fingerprint density at radius 2 is 2.03 bits per heavy atom. The van der Waals surface area contributed by atoms with Gasteiger partial charge in [0.25, 0.3) is 0 Å². The van der Waals surface area contributed by atoms with E-state index in [2.05, 4.69) is 6.58 Å². The van der Waals surface area contributed by atoms with Crippen molar-refractivity contribution in [3.05, 3.63) is 48.1 Å². The van der Waals surface area contributed by atoms with Crippen LogP contribution in [0.2, 0.25) is 0 Å². The van der Waals surface area contributed by atoms with E-state index in [0.29, 0.717) is 31.3 Å². The average Bonchev–Trinajstić information content (AvgIpc) is 3.59. The van der Waals surface area contributed by atoms with Gasteiger partial charge >= 0.3 is 11.9 Å². The highest BCUT2D eigenvalue weighted by atomic mass is 16.6. The smallest absolute Gasteiger partial charge is 0.309 e. The minimum absolute atomic E-state index is 0.00776. The molecule has 8 nitrogen and oxygen atoms in total. The van der Waals surface area contributed by atoms with E-state index in [0.717, 1.165) is 5.57 Å². The predicted octanol–water partition coefficient (Wildman–Crippen LogP) is 3.94. The SMILES string of the molecule is C=C1CCC(O)CC(=O)OC(/C(C)=C/C=C/C(C)(O)CC2OC2C(C)C(O)CC)C(C)/C=C/C1OC(C)=O. The minimum atomic E-state index is -1.12. The van der Waals surface area contributed by atoms with E-state index >= 15 is 0 Å². The lowest BCUT2D eigenvalue weighted by molar-refractivity contribution is -0.151. The van der Waals surface area contributed by atoms with Crippen molar-refractivity contribution in [2.24, 2.45) is 11.8 Å². The summed E-state index contributed by atoms with van der Waals surface area (Å²) in [6.45, 7) is 14.6. The lowest BCUT2D eigenvalue weighted by Crippen LogP contribution is -2.29. The number of esters is 2. The molecule has 2 heterocycles. The summed E-state index contributed by atoms with van der Waals surface area (Å²) in [5.74, 6) is -1.20. The van der Waals surface area contributed by atoms with E-state index in [9.17, 15) is 24.9 Å². The zero-order valence-corrected chi connectivity index (χ0v) is 23.6. The summed E-state index contributed by atoms with van der Waals surface area (Å²) in [5.41, 5.74) is 0.270. The molecule has 1 fully saturated rings. The molecule has 2 aliphatic rings. The van der Waals surface area contributed by atoms with E-state index in [-0.39, 0.29) is 30.5 Å². The first-order chi connectivity index (χ1) is 17.7. The number of hydrogen-bond donors (Lipinski definition) is 3. The molecule has 0 amide bonds. The van der Waals surface area contributed by atoms with Crippen LogP contribution in [0, 0.1) is 11.8 Å². The van der Waals surface area contributed by atoms with Crippen molar-refractivity contribution in [3.8, 4) is 0 Å². The number of aliphatic hydroxyl groups is 3. The van der Waals surface area contributed by atoms with Gasteiger partial charge in [-0.25, -0.2) is 0 Å². The summed E-state index contributed by atoms with van der Waals surface area (Å²) in [4.78, 5) is 24.1. The van der Waals surface area contributed by atoms with Crippen LogP contribution in [0.15, 0.2) is 48.1 Å². The second-order valence-electron chi connectivity index (χ2n) is 11.0. The standard InChI is InChI=1S/C30H46O8/c1-8-24(33)21(5)29-26(37-29)17-30(7,35)15-9-10-19(3)28-20(4)12-14-25(36-22(6)31)18(2)11-13-23(32)16-27(34)38-28/h9-10,12,14-15,20-21,23-26,28-29,32-33,35H,2,8,11,13,16-17H2,1,3-7H3/b14-12+,15-9+,19-10+. The number of carbonyl (C=O) groups is 2. The van der Waals surface area contributed by atoms with Crippen LogP contribution in [0.25, 0.3) is 0 Å². The van der Waals surface area contributed by atoms with Gasteiger partial charge in [0.15, 0.2) is 0 Å². The molecule has 0 saturated carbocycles. The van der Waals surface area contributed by atoms with Crippen molar-refractivity contribution in [2.75, 3.05) is 0 Å². The van der Waals surface area contributed by atoms with Crippen LogP contribution < -0.4 is 0 Å². The molecule has 1 saturated heterocycles. The highest BCUT2D eigenvalue weighted by Gasteiger charge is 2.47. The summed E-state index contributed by atoms with van der Waals surface area (Å²) in [5, 5.41) is 31.2. The van der Waals surface area contributed by atoms with Gasteiger partial charge < -0.3 is 29.5 Å². The van der Waals surface area contributed by atoms with Crippen LogP contribution in [-0.4, -0.2) is 69.5 Å². The van der Waals surface area contributed by atoms with E-state index < -0.39 is 42.0 Å². The minimum Gasteiger partial charge on any atom is -0.457 e. The van der Waals surface area contributed by atoms with E-state index in [1.54, 1.807) is 31.2 Å². The number of ether oxygens (including phenoxy) is 3. The fraction of sp³-hybridized carbons (Fsp3) is 0.667. The molecule has 0 radical (unpaired) electrons. The molecular weight excluding hydrogens is 488 g/mol. The number of allylic oxidation sites excluding steroid dienone is 2. The third kappa shape index (κ3) is 10.1. The molecule has 3 N–H and O–H groups in total. The lowest BCUT2D eigenvalue weighted by Gasteiger charge is -2.26. The number of epoxide rings is 1. The first-order valence-corrected chi connectivity index (χ1v) is 13.6. The summed E-state index contributed by atoms with van der Waals surface area (Å²) >= 11 is 0. The van der Waals surface area contributed by atoms with Gasteiger partial charge in [-0.15, -0.1) is 0 Å². The Morgan fingerprint density at radius 3 is 2.66 bits per heavy atom. The summed E-state index contributed by atoms with van der Waals surface area (Å²) < 4.78 is 16.9. The lowest BCUT2D eigenvalue weighted by atomic mass is 9.91. The van der Waals surface area contributed by atoms with Crippen molar-refractivity contribution in [1.29, 1.82) is 0 Å². The van der Waals surface area contributed by atoms with Gasteiger partial charge in [0.1, 0.15) is 12.2 Å². The Labute approximate surface area is 227 Å². The summed E-state index contributed by atoms with van der Waals surface area (Å²) in [7, 11) is 0. The molecule has 2 rings (SSSR count). The fourth-order valence-electron chi connectivity index (χ4n) is 4.76. The first kappa shape index (κ1) is 32.0. The molecular formula is C30H46O8. The van der Waals surface area contributed by atoms with Gasteiger partial charge in [-0.05, 0) is 50.3 Å². The Kier molecular flexibility index (Phi) is 12.0. The van der Waals surface area contributed by atoms with Crippen LogP contribution in [0.3, 0.4) is 0 Å². The van der Waals surface area contributed by atoms with Crippen LogP contribution in [0.1, 0.15) is 73.6 Å². The molecule has 9 atom stereocenters. The monoisotopic (exact) mass is 534 g/mol. The Morgan fingerprint density at radius 1 is 1.34 bits per heavy atom. The quantitative estimate of drug-likeness (QED) is 0.176. The van der Waals surface area contributed by atoms with Gasteiger partial charge in [0.05, 0.1) is 36.4 Å². The topological polar surface area (TPSA) is 126 Å². The van der Waals surface area contributed by atoms with Crippen LogP contribution in [-0.2, 0) is 23.8 Å². The maximum atomic E-state index is 12.6. The zero-order chi connectivity index (χ0) is 28.6. The second kappa shape index (κ2) is 14.2. The number of rotatable bonds is 9. The van der Waals surface area contributed by atoms with Gasteiger partial charge in [-0.1, -0.05) is 51.7 Å². The molecule has 214 valence electrons. The van der Waals surface area contributed by atoms with Crippen LogP contribution in [0.5, 0.6) is 0 Å². The highest BCUT2D eigenvalue weighted by Crippen LogP contribution is 2.37. The second-order valence-corrected chi connectivity index (χ2v) is 11.0. The highest BCUT2D eigenvalue weighted by molar-refractivity contribution is 5.70. The fourth-order valence-corrected chi connectivity index (χ4v) is 4.76. The third-order valence-electron chi connectivity index (χ3n) is 7.26. The number of aliphatic hydroxyl groups excluding tert-OH is 2. The molecule has 0 bridgehead atoms. The molecule has 2 aliphatic heterocycles. The normalized spacial score (nSPS) is 33.3. The van der Waals surface area contributed by atoms with Gasteiger partial charge in [-0.2, -0.15) is 0 Å². The van der Waals surface area contributed by atoms with Crippen molar-refractivity contribution in [1.82, 2.24) is 0 Å². The van der Waals surface area contributed by atoms with Crippen molar-refractivity contribution in [2.45, 2.75) is 116 Å². The van der Waals surface area contributed by atoms with Crippen LogP contribution >= 0.6 is 0 Å². The Balaban J connectivity index is 2.14. The Bertz CT molecular complexity index is 917. The molecule has 0 spiro atoms. The van der Waals surface area contributed by atoms with Crippen LogP contribution in [0.4, 0.5) is 0 Å². The molecule has 0 aromatic heterocycles. The molecule has 38 heavy (non-hydrogen) atoms. The number of hydrogen-bond acceptors (Lipinski definition) is 8. The summed E-state index contributed by atoms with van der Waals surface area (Å²) in [6, 6.07) is 0. The van der Waals surface area contributed by atoms with Gasteiger partial charge in [-0.3, -0.25) is 9.59 Å². The van der Waals surface area contributed by atoms with E-state index in [1.807, 2.05) is 33.8 Å². The first-order valence-electron chi connectivity index (χ1n) is 13.6. The number of carbonyl (C=O) groups excluding carboxylic acids is 2. The molecule has 0 aliphatic carbocycles. The van der Waals surface area contributed by atoms with Gasteiger partial charge in [0.2, 0.25) is 0 Å². The van der Waals surface area contributed by atoms with E-state index in [1.165, 1.54) is 6.92 Å². The molecule has 0 aromatic carbocycles. The zero-order valence-electron chi connectivity index (χ0n) is 23.6. The van der Waals surface area contributed by atoms with Crippen molar-refractivity contribution in [3.63, 3.8) is 0 Å². The molecule has 9 unspecified atom stereocenters. The third-order valence-corrected chi connectivity index (χ3v) is 7.26. The maximum Gasteiger partial charge on any atom is 0.309 e. The molecule has 8 heteroatoms. The van der Waals surface area contributed by atoms with E-state index in [4.69, 9.17) is 14.2 Å².